The maximum absolute atomic E-state index is 3.17. The van der Waals surface area contributed by atoms with Crippen molar-refractivity contribution in [1.29, 1.82) is 0 Å². The molecule has 4 aromatic rings. The number of benzene rings is 4. The zero-order valence-corrected chi connectivity index (χ0v) is 31.4. The number of fused-ring (bicyclic) bond motifs is 7. The van der Waals surface area contributed by atoms with Gasteiger partial charge >= 0.3 is 263 Å². The van der Waals surface area contributed by atoms with Crippen molar-refractivity contribution in [2.24, 2.45) is 11.8 Å². The fraction of sp³-hybridized carbons (Fsp3) is 0.429. The summed E-state index contributed by atoms with van der Waals surface area (Å²) in [5.41, 5.74) is 10.7. The van der Waals surface area contributed by atoms with Crippen molar-refractivity contribution in [2.45, 2.75) is 91.7 Å². The Hall–Kier alpha value is -1.67. The van der Waals surface area contributed by atoms with Gasteiger partial charge in [0.1, 0.15) is 0 Å². The van der Waals surface area contributed by atoms with Crippen LogP contribution in [0.15, 0.2) is 83.9 Å². The summed E-state index contributed by atoms with van der Waals surface area (Å²) < 4.78 is 3.77. The Bertz CT molecular complexity index is 1700. The molecule has 0 N–H and O–H groups in total. The van der Waals surface area contributed by atoms with Gasteiger partial charge in [0, 0.05) is 0 Å². The molecule has 0 nitrogen and oxygen atoms in total. The smallest absolute Gasteiger partial charge is 1.00 e. The third kappa shape index (κ3) is 4.38. The summed E-state index contributed by atoms with van der Waals surface area (Å²) in [6.45, 7) is 0. The molecule has 45 heavy (non-hydrogen) atoms. The van der Waals surface area contributed by atoms with Gasteiger partial charge in [-0.2, -0.15) is 0 Å². The quantitative estimate of drug-likeness (QED) is 0.214. The molecular weight excluding hydrogens is 754 g/mol. The van der Waals surface area contributed by atoms with E-state index in [1.807, 2.05) is 11.1 Å². The SMILES string of the molecule is C1=C(C2CCCC2)[CH]([Hf+2]2([CH]3C(C4CCCC4)=Cc4c3ccc3ccccc43)[CH]3CCCC[CH]32)c2ccc3ccccc3c21.[Cl-].[Cl-]. The van der Waals surface area contributed by atoms with Crippen LogP contribution in [0.1, 0.15) is 107 Å². The molecule has 230 valence electrons. The summed E-state index contributed by atoms with van der Waals surface area (Å²) in [6.07, 6.45) is 23.2. The molecule has 1 saturated heterocycles. The summed E-state index contributed by atoms with van der Waals surface area (Å²) in [4.78, 5) is 0. The maximum atomic E-state index is 2.82. The zero-order valence-electron chi connectivity index (χ0n) is 26.3. The Morgan fingerprint density at radius 1 is 0.444 bits per heavy atom. The van der Waals surface area contributed by atoms with E-state index in [1.165, 1.54) is 85.8 Å². The predicted molar refractivity (Wildman–Crippen MR) is 179 cm³/mol. The molecule has 3 saturated carbocycles. The Labute approximate surface area is 286 Å². The number of allylic oxidation sites excluding steroid dienone is 2. The largest absolute Gasteiger partial charge is 1.00 e. The molecule has 0 amide bonds. The molecule has 1 heterocycles. The third-order valence-corrected chi connectivity index (χ3v) is 38.1. The Morgan fingerprint density at radius 2 is 0.844 bits per heavy atom. The van der Waals surface area contributed by atoms with Crippen LogP contribution in [-0.4, -0.2) is 0 Å². The van der Waals surface area contributed by atoms with E-state index in [1.54, 1.807) is 35.1 Å². The van der Waals surface area contributed by atoms with Gasteiger partial charge in [-0.15, -0.1) is 0 Å². The molecule has 3 heteroatoms. The maximum Gasteiger partial charge on any atom is -1.00 e. The molecule has 0 spiro atoms. The first-order valence-corrected chi connectivity index (χ1v) is 26.1. The second kappa shape index (κ2) is 11.8. The van der Waals surface area contributed by atoms with Crippen molar-refractivity contribution in [2.75, 3.05) is 0 Å². The first-order valence-electron chi connectivity index (χ1n) is 17.8. The minimum atomic E-state index is -3.17. The number of rotatable bonds is 4. The van der Waals surface area contributed by atoms with Crippen molar-refractivity contribution in [3.05, 3.63) is 106 Å². The van der Waals surface area contributed by atoms with Crippen molar-refractivity contribution in [3.8, 4) is 0 Å². The molecule has 1 aliphatic heterocycles. The van der Waals surface area contributed by atoms with Gasteiger partial charge in [-0.1, -0.05) is 0 Å². The molecule has 6 aliphatic rings. The average Bonchev–Trinajstić information content (AvgIpc) is 3.72. The second-order valence-electron chi connectivity index (χ2n) is 15.2. The van der Waals surface area contributed by atoms with Gasteiger partial charge in [-0.25, -0.2) is 0 Å². The van der Waals surface area contributed by atoms with Crippen LogP contribution in [0.4, 0.5) is 0 Å². The normalized spacial score (nSPS) is 28.9. The van der Waals surface area contributed by atoms with E-state index in [9.17, 15) is 0 Å². The van der Waals surface area contributed by atoms with Crippen molar-refractivity contribution < 1.29 is 44.8 Å². The Kier molecular flexibility index (Phi) is 8.03. The molecule has 4 unspecified atom stereocenters. The minimum absolute atomic E-state index is 0. The van der Waals surface area contributed by atoms with Crippen LogP contribution in [0.25, 0.3) is 33.7 Å². The molecule has 0 radical (unpaired) electrons. The van der Waals surface area contributed by atoms with E-state index in [0.29, 0.717) is 0 Å². The fourth-order valence-corrected chi connectivity index (χ4v) is 47.5. The topological polar surface area (TPSA) is 0 Å². The molecule has 5 aliphatic carbocycles. The van der Waals surface area contributed by atoms with Gasteiger partial charge in [0.15, 0.2) is 0 Å². The summed E-state index contributed by atoms with van der Waals surface area (Å²) in [7, 11) is 0. The number of hydrogen-bond donors (Lipinski definition) is 0. The standard InChI is InChI=1S/2C18H17.C6H10.2ClH.Hf/c2*1-2-6-13(5-1)16-11-15-10-9-14-7-3-4-8-17(14)18(15)12-16;1-2-4-6-5-3-1;;;/h2*3-4,7-13H,1-2,5-6H2;1-2H,3-6H2;2*1H;/q;;;;;+2/p-2. The van der Waals surface area contributed by atoms with Gasteiger partial charge in [0.25, 0.3) is 0 Å². The van der Waals surface area contributed by atoms with E-state index >= 15 is 0 Å². The van der Waals surface area contributed by atoms with Gasteiger partial charge in [-0.3, -0.25) is 0 Å². The van der Waals surface area contributed by atoms with Gasteiger partial charge < -0.3 is 24.8 Å². The summed E-state index contributed by atoms with van der Waals surface area (Å²) in [6, 6.07) is 28.9. The number of hydrogen-bond acceptors (Lipinski definition) is 0. The average molecular weight is 798 g/mol. The minimum Gasteiger partial charge on any atom is -1.00 e. The van der Waals surface area contributed by atoms with Gasteiger partial charge in [0.2, 0.25) is 0 Å². The van der Waals surface area contributed by atoms with Crippen LogP contribution in [0.5, 0.6) is 0 Å². The van der Waals surface area contributed by atoms with Crippen LogP contribution in [0.3, 0.4) is 0 Å². The molecule has 10 rings (SSSR count). The fourth-order valence-electron chi connectivity index (χ4n) is 11.9. The second-order valence-corrected chi connectivity index (χ2v) is 31.9. The van der Waals surface area contributed by atoms with Crippen LogP contribution in [0, 0.1) is 11.8 Å². The Morgan fingerprint density at radius 3 is 1.29 bits per heavy atom. The van der Waals surface area contributed by atoms with E-state index in [2.05, 4.69) is 84.9 Å². The van der Waals surface area contributed by atoms with Crippen molar-refractivity contribution in [1.82, 2.24) is 0 Å². The number of halogens is 2. The van der Waals surface area contributed by atoms with Crippen LogP contribution in [0.2, 0.25) is 7.35 Å². The van der Waals surface area contributed by atoms with Crippen LogP contribution in [-0.2, 0) is 20.0 Å². The van der Waals surface area contributed by atoms with Crippen LogP contribution >= 0.6 is 0 Å². The van der Waals surface area contributed by atoms with Gasteiger partial charge in [0.05, 0.1) is 0 Å². The molecule has 4 atom stereocenters. The molecular formula is C42H44Cl2Hf. The molecule has 0 bridgehead atoms. The van der Waals surface area contributed by atoms with E-state index in [4.69, 9.17) is 0 Å². The summed E-state index contributed by atoms with van der Waals surface area (Å²) >= 11 is -3.17. The van der Waals surface area contributed by atoms with Crippen LogP contribution < -0.4 is 24.8 Å². The monoisotopic (exact) mass is 798 g/mol. The summed E-state index contributed by atoms with van der Waals surface area (Å²) in [5.74, 6) is 1.65. The van der Waals surface area contributed by atoms with Crippen molar-refractivity contribution in [3.63, 3.8) is 0 Å². The van der Waals surface area contributed by atoms with Crippen molar-refractivity contribution >= 4 is 33.7 Å². The molecule has 4 aromatic carbocycles. The first kappa shape index (κ1) is 30.7. The van der Waals surface area contributed by atoms with Gasteiger partial charge in [-0.05, 0) is 0 Å². The third-order valence-electron chi connectivity index (χ3n) is 13.5. The molecule has 0 aromatic heterocycles. The van der Waals surface area contributed by atoms with E-state index in [-0.39, 0.29) is 24.8 Å². The first-order chi connectivity index (χ1) is 21.3. The molecule has 4 fully saturated rings. The zero-order chi connectivity index (χ0) is 28.1. The predicted octanol–water partition coefficient (Wildman–Crippen LogP) is 6.28. The Balaban J connectivity index is 0.00000150. The summed E-state index contributed by atoms with van der Waals surface area (Å²) in [5, 5.41) is 5.92. The van der Waals surface area contributed by atoms with E-state index < -0.39 is 20.0 Å². The van der Waals surface area contributed by atoms with E-state index in [0.717, 1.165) is 26.5 Å².